The fourth-order valence-corrected chi connectivity index (χ4v) is 2.06. The van der Waals surface area contributed by atoms with Crippen LogP contribution in [0, 0.1) is 0 Å². The van der Waals surface area contributed by atoms with E-state index < -0.39 is 0 Å². The number of nitrogens with one attached hydrogen (secondary N) is 1. The monoisotopic (exact) mass is 247 g/mol. The van der Waals surface area contributed by atoms with Crippen LogP contribution in [-0.4, -0.2) is 22.5 Å². The molecule has 1 aliphatic rings. The number of rotatable bonds is 3. The van der Waals surface area contributed by atoms with Gasteiger partial charge in [-0.25, -0.2) is 0 Å². The van der Waals surface area contributed by atoms with E-state index in [9.17, 15) is 4.79 Å². The highest BCUT2D eigenvalue weighted by atomic mass is 32.2. The first-order valence-electron chi connectivity index (χ1n) is 5.32. The van der Waals surface area contributed by atoms with E-state index in [-0.39, 0.29) is 5.91 Å². The van der Waals surface area contributed by atoms with Crippen molar-refractivity contribution in [2.45, 2.75) is 13.3 Å². The van der Waals surface area contributed by atoms with Crippen molar-refractivity contribution >= 4 is 28.5 Å². The minimum Gasteiger partial charge on any atom is -0.303 e. The van der Waals surface area contributed by atoms with Gasteiger partial charge in [0.2, 0.25) is 5.91 Å². The lowest BCUT2D eigenvalue weighted by Gasteiger charge is -1.98. The minimum atomic E-state index is -0.00957. The highest BCUT2D eigenvalue weighted by Crippen LogP contribution is 2.09. The fourth-order valence-electron chi connectivity index (χ4n) is 1.44. The van der Waals surface area contributed by atoms with Gasteiger partial charge in [0.1, 0.15) is 0 Å². The first kappa shape index (κ1) is 11.9. The molecule has 0 radical (unpaired) electrons. The molecule has 0 atom stereocenters. The van der Waals surface area contributed by atoms with Crippen molar-refractivity contribution in [1.82, 2.24) is 5.32 Å². The van der Waals surface area contributed by atoms with E-state index in [0.29, 0.717) is 10.9 Å². The Hall–Kier alpha value is -1.62. The van der Waals surface area contributed by atoms with Crippen LogP contribution in [0.5, 0.6) is 0 Å². The summed E-state index contributed by atoms with van der Waals surface area (Å²) >= 11 is 1.38. The van der Waals surface area contributed by atoms with Crippen molar-refractivity contribution < 1.29 is 4.79 Å². The van der Waals surface area contributed by atoms with Crippen LogP contribution < -0.4 is 5.32 Å². The molecule has 88 valence electrons. The SMILES string of the molecule is C/C(Cc1ccccc1)=N\N=C1NC(=O)CS1. The molecule has 0 bridgehead atoms. The van der Waals surface area contributed by atoms with Gasteiger partial charge < -0.3 is 5.32 Å². The lowest BCUT2D eigenvalue weighted by Crippen LogP contribution is -2.19. The Balaban J connectivity index is 1.96. The predicted octanol–water partition coefficient (Wildman–Crippen LogP) is 1.82. The molecule has 1 N–H and O–H groups in total. The second-order valence-electron chi connectivity index (χ2n) is 3.74. The zero-order valence-corrected chi connectivity index (χ0v) is 10.3. The van der Waals surface area contributed by atoms with Crippen molar-refractivity contribution in [3.8, 4) is 0 Å². The largest absolute Gasteiger partial charge is 0.303 e. The molecule has 1 heterocycles. The van der Waals surface area contributed by atoms with Gasteiger partial charge in [0.05, 0.1) is 5.75 Å². The van der Waals surface area contributed by atoms with Crippen molar-refractivity contribution in [2.75, 3.05) is 5.75 Å². The third-order valence-electron chi connectivity index (χ3n) is 2.20. The van der Waals surface area contributed by atoms with Crippen molar-refractivity contribution in [2.24, 2.45) is 10.2 Å². The normalized spacial score (nSPS) is 18.5. The van der Waals surface area contributed by atoms with Crippen LogP contribution in [0.1, 0.15) is 12.5 Å². The van der Waals surface area contributed by atoms with E-state index in [2.05, 4.69) is 27.7 Å². The van der Waals surface area contributed by atoms with E-state index in [1.165, 1.54) is 17.3 Å². The molecule has 0 unspecified atom stereocenters. The fraction of sp³-hybridized carbons (Fsp3) is 0.250. The Labute approximate surface area is 104 Å². The standard InChI is InChI=1S/C12H13N3OS/c1-9(7-10-5-3-2-4-6-10)14-15-12-13-11(16)8-17-12/h2-6H,7-8H2,1H3,(H,13,15,16)/b14-9+. The Morgan fingerprint density at radius 2 is 2.18 bits per heavy atom. The Kier molecular flexibility index (Phi) is 3.93. The summed E-state index contributed by atoms with van der Waals surface area (Å²) in [4.78, 5) is 10.9. The number of thioether (sulfide) groups is 1. The summed E-state index contributed by atoms with van der Waals surface area (Å²) in [6.07, 6.45) is 0.774. The van der Waals surface area contributed by atoms with E-state index in [1.54, 1.807) is 0 Å². The summed E-state index contributed by atoms with van der Waals surface area (Å²) in [7, 11) is 0. The van der Waals surface area contributed by atoms with Gasteiger partial charge >= 0.3 is 0 Å². The molecular weight excluding hydrogens is 234 g/mol. The first-order chi connectivity index (χ1) is 8.24. The van der Waals surface area contributed by atoms with E-state index in [0.717, 1.165) is 12.1 Å². The smallest absolute Gasteiger partial charge is 0.236 e. The van der Waals surface area contributed by atoms with Crippen molar-refractivity contribution in [1.29, 1.82) is 0 Å². The van der Waals surface area contributed by atoms with Gasteiger partial charge in [-0.05, 0) is 12.5 Å². The number of amidine groups is 1. The lowest BCUT2D eigenvalue weighted by atomic mass is 10.1. The highest BCUT2D eigenvalue weighted by molar-refractivity contribution is 8.15. The van der Waals surface area contributed by atoms with Crippen LogP contribution in [0.4, 0.5) is 0 Å². The Bertz CT molecular complexity index is 468. The Morgan fingerprint density at radius 1 is 1.41 bits per heavy atom. The first-order valence-corrected chi connectivity index (χ1v) is 6.30. The molecule has 4 nitrogen and oxygen atoms in total. The molecule has 1 aromatic carbocycles. The molecule has 0 saturated carbocycles. The Morgan fingerprint density at radius 3 is 2.82 bits per heavy atom. The molecule has 1 aliphatic heterocycles. The number of hydrogen-bond donors (Lipinski definition) is 1. The summed E-state index contributed by atoms with van der Waals surface area (Å²) < 4.78 is 0. The van der Waals surface area contributed by atoms with Gasteiger partial charge in [0.15, 0.2) is 5.17 Å². The number of hydrogen-bond acceptors (Lipinski definition) is 4. The maximum absolute atomic E-state index is 10.9. The maximum Gasteiger partial charge on any atom is 0.236 e. The second kappa shape index (κ2) is 5.63. The molecule has 0 aromatic heterocycles. The molecule has 1 saturated heterocycles. The molecule has 2 rings (SSSR count). The second-order valence-corrected chi connectivity index (χ2v) is 4.70. The van der Waals surface area contributed by atoms with Crippen LogP contribution in [0.3, 0.4) is 0 Å². The van der Waals surface area contributed by atoms with E-state index in [1.807, 2.05) is 25.1 Å². The van der Waals surface area contributed by atoms with E-state index in [4.69, 9.17) is 0 Å². The van der Waals surface area contributed by atoms with Gasteiger partial charge in [0.25, 0.3) is 0 Å². The molecule has 0 spiro atoms. The number of benzene rings is 1. The van der Waals surface area contributed by atoms with Gasteiger partial charge in [-0.2, -0.15) is 5.10 Å². The third kappa shape index (κ3) is 3.71. The van der Waals surface area contributed by atoms with Gasteiger partial charge in [0, 0.05) is 12.1 Å². The summed E-state index contributed by atoms with van der Waals surface area (Å²) in [5.41, 5.74) is 2.13. The molecule has 1 aromatic rings. The van der Waals surface area contributed by atoms with Gasteiger partial charge in [-0.15, -0.1) is 5.10 Å². The molecule has 17 heavy (non-hydrogen) atoms. The third-order valence-corrected chi connectivity index (χ3v) is 3.06. The van der Waals surface area contributed by atoms with Crippen LogP contribution in [0.2, 0.25) is 0 Å². The van der Waals surface area contributed by atoms with Crippen molar-refractivity contribution in [3.05, 3.63) is 35.9 Å². The number of amides is 1. The molecular formula is C12H13N3OS. The summed E-state index contributed by atoms with van der Waals surface area (Å²) in [6, 6.07) is 10.1. The number of carbonyl (C=O) groups is 1. The zero-order valence-electron chi connectivity index (χ0n) is 9.51. The number of carbonyl (C=O) groups excluding carboxylic acids is 1. The van der Waals surface area contributed by atoms with Crippen LogP contribution in [-0.2, 0) is 11.2 Å². The predicted molar refractivity (Wildman–Crippen MR) is 71.3 cm³/mol. The quantitative estimate of drug-likeness (QED) is 0.654. The van der Waals surface area contributed by atoms with Crippen LogP contribution in [0.15, 0.2) is 40.5 Å². The van der Waals surface area contributed by atoms with Gasteiger partial charge in [-0.1, -0.05) is 42.1 Å². The lowest BCUT2D eigenvalue weighted by molar-refractivity contribution is -0.116. The van der Waals surface area contributed by atoms with Gasteiger partial charge in [-0.3, -0.25) is 4.79 Å². The maximum atomic E-state index is 10.9. The molecule has 1 amide bonds. The summed E-state index contributed by atoms with van der Waals surface area (Å²) in [5, 5.41) is 11.3. The number of nitrogens with zero attached hydrogens (tertiary/aromatic N) is 2. The molecule has 5 heteroatoms. The average Bonchev–Trinajstić information content (AvgIpc) is 2.74. The van der Waals surface area contributed by atoms with Crippen LogP contribution in [0.25, 0.3) is 0 Å². The summed E-state index contributed by atoms with van der Waals surface area (Å²) in [6.45, 7) is 1.93. The average molecular weight is 247 g/mol. The van der Waals surface area contributed by atoms with Crippen molar-refractivity contribution in [3.63, 3.8) is 0 Å². The highest BCUT2D eigenvalue weighted by Gasteiger charge is 2.16. The zero-order chi connectivity index (χ0) is 12.1. The minimum absolute atomic E-state index is 0.00957. The summed E-state index contributed by atoms with van der Waals surface area (Å²) in [5.74, 6) is 0.427. The molecule has 1 fully saturated rings. The van der Waals surface area contributed by atoms with E-state index >= 15 is 0 Å². The van der Waals surface area contributed by atoms with Crippen LogP contribution >= 0.6 is 11.8 Å². The molecule has 0 aliphatic carbocycles. The topological polar surface area (TPSA) is 53.8 Å².